The number of carbonyl (C=O) groups is 1. The van der Waals surface area contributed by atoms with Crippen LogP contribution >= 0.6 is 0 Å². The highest BCUT2D eigenvalue weighted by Crippen LogP contribution is 2.08. The molecule has 0 aliphatic heterocycles. The van der Waals surface area contributed by atoms with E-state index >= 15 is 0 Å². The van der Waals surface area contributed by atoms with Crippen molar-refractivity contribution in [2.24, 2.45) is 0 Å². The molecule has 5 nitrogen and oxygen atoms in total. The van der Waals surface area contributed by atoms with E-state index in [4.69, 9.17) is 15.3 Å². The van der Waals surface area contributed by atoms with E-state index in [2.05, 4.69) is 12.2 Å². The van der Waals surface area contributed by atoms with Crippen molar-refractivity contribution < 1.29 is 20.1 Å². The van der Waals surface area contributed by atoms with E-state index in [0.717, 1.165) is 12.0 Å². The smallest absolute Gasteiger partial charge is 0.220 e. The molecule has 0 aliphatic carbocycles. The molecule has 0 saturated carbocycles. The molecule has 0 heterocycles. The molecule has 5 heteroatoms. The molecule has 0 bridgehead atoms. The number of amides is 1. The summed E-state index contributed by atoms with van der Waals surface area (Å²) in [6, 6.07) is 8.05. The van der Waals surface area contributed by atoms with Gasteiger partial charge in [-0.05, 0) is 24.0 Å². The summed E-state index contributed by atoms with van der Waals surface area (Å²) in [5.41, 5.74) is 0.960. The van der Waals surface area contributed by atoms with Crippen molar-refractivity contribution in [1.29, 1.82) is 0 Å². The highest BCUT2D eigenvalue weighted by atomic mass is 16.3. The maximum Gasteiger partial charge on any atom is 0.220 e. The van der Waals surface area contributed by atoms with Gasteiger partial charge in [0.05, 0.1) is 19.8 Å². The Bertz CT molecular complexity index is 404. The summed E-state index contributed by atoms with van der Waals surface area (Å²) in [6.07, 6.45) is 1.80. The van der Waals surface area contributed by atoms with E-state index in [1.165, 1.54) is 5.56 Å². The maximum atomic E-state index is 11.8. The minimum Gasteiger partial charge on any atom is -0.394 e. The van der Waals surface area contributed by atoms with Gasteiger partial charge in [0.15, 0.2) is 0 Å². The number of benzene rings is 1. The summed E-state index contributed by atoms with van der Waals surface area (Å²) in [6.45, 7) is 0.575. The number of carbonyl (C=O) groups excluding carboxylic acids is 1. The average molecular weight is 281 g/mol. The predicted molar refractivity (Wildman–Crippen MR) is 76.3 cm³/mol. The van der Waals surface area contributed by atoms with E-state index in [9.17, 15) is 4.79 Å². The second-order valence-electron chi connectivity index (χ2n) is 4.97. The minimum absolute atomic E-state index is 0.243. The Morgan fingerprint density at radius 2 is 1.55 bits per heavy atom. The third kappa shape index (κ3) is 4.59. The van der Waals surface area contributed by atoms with Crippen molar-refractivity contribution in [2.75, 3.05) is 19.8 Å². The Hall–Kier alpha value is -1.43. The van der Waals surface area contributed by atoms with Crippen LogP contribution in [-0.2, 0) is 17.6 Å². The maximum absolute atomic E-state index is 11.8. The van der Waals surface area contributed by atoms with Crippen LogP contribution in [0.5, 0.6) is 0 Å². The number of aryl methyl sites for hydroxylation is 2. The molecule has 20 heavy (non-hydrogen) atoms. The summed E-state index contributed by atoms with van der Waals surface area (Å²) in [4.78, 5) is 11.8. The van der Waals surface area contributed by atoms with Gasteiger partial charge in [-0.2, -0.15) is 0 Å². The van der Waals surface area contributed by atoms with Crippen LogP contribution in [0.4, 0.5) is 0 Å². The van der Waals surface area contributed by atoms with Crippen LogP contribution in [0.15, 0.2) is 24.3 Å². The zero-order valence-corrected chi connectivity index (χ0v) is 11.8. The van der Waals surface area contributed by atoms with Crippen LogP contribution in [0.25, 0.3) is 0 Å². The molecule has 0 aromatic heterocycles. The van der Waals surface area contributed by atoms with Crippen LogP contribution < -0.4 is 5.32 Å². The molecule has 0 saturated heterocycles. The number of rotatable bonds is 8. The van der Waals surface area contributed by atoms with Gasteiger partial charge in [-0.1, -0.05) is 31.2 Å². The quantitative estimate of drug-likeness (QED) is 0.540. The van der Waals surface area contributed by atoms with Crippen molar-refractivity contribution >= 4 is 5.91 Å². The van der Waals surface area contributed by atoms with E-state index in [1.807, 2.05) is 24.3 Å². The lowest BCUT2D eigenvalue weighted by Gasteiger charge is -2.28. The van der Waals surface area contributed by atoms with Gasteiger partial charge in [0, 0.05) is 6.42 Å². The average Bonchev–Trinajstić information content (AvgIpc) is 2.51. The minimum atomic E-state index is -1.34. The lowest BCUT2D eigenvalue weighted by molar-refractivity contribution is -0.125. The SMILES string of the molecule is CCc1ccc(CCC(=O)NC(CO)(CO)CO)cc1. The van der Waals surface area contributed by atoms with Gasteiger partial charge in [-0.25, -0.2) is 0 Å². The van der Waals surface area contributed by atoms with Crippen molar-refractivity contribution in [1.82, 2.24) is 5.32 Å². The van der Waals surface area contributed by atoms with Crippen LogP contribution in [0.1, 0.15) is 24.5 Å². The number of nitrogens with one attached hydrogen (secondary N) is 1. The Morgan fingerprint density at radius 3 is 2.00 bits per heavy atom. The first kappa shape index (κ1) is 16.6. The summed E-state index contributed by atoms with van der Waals surface area (Å²) in [5, 5.41) is 29.9. The molecule has 112 valence electrons. The standard InChI is InChI=1S/C15H23NO4/c1-2-12-3-5-13(6-4-12)7-8-14(20)16-15(9-17,10-18)11-19/h3-6,17-19H,2,7-11H2,1H3,(H,16,20). The fourth-order valence-corrected chi connectivity index (χ4v) is 1.83. The number of hydrogen-bond acceptors (Lipinski definition) is 4. The second-order valence-corrected chi connectivity index (χ2v) is 4.97. The molecule has 1 aromatic carbocycles. The molecule has 0 atom stereocenters. The summed E-state index contributed by atoms with van der Waals surface area (Å²) in [7, 11) is 0. The lowest BCUT2D eigenvalue weighted by atomic mass is 10.0. The summed E-state index contributed by atoms with van der Waals surface area (Å²) >= 11 is 0. The third-order valence-corrected chi connectivity index (χ3v) is 3.38. The molecule has 0 fully saturated rings. The topological polar surface area (TPSA) is 89.8 Å². The molecule has 1 rings (SSSR count). The van der Waals surface area contributed by atoms with Gasteiger partial charge in [0.2, 0.25) is 5.91 Å². The van der Waals surface area contributed by atoms with Gasteiger partial charge in [0.1, 0.15) is 5.54 Å². The first-order chi connectivity index (χ1) is 9.59. The molecule has 1 amide bonds. The Morgan fingerprint density at radius 1 is 1.05 bits per heavy atom. The zero-order chi connectivity index (χ0) is 15.0. The summed E-state index contributed by atoms with van der Waals surface area (Å²) in [5.74, 6) is -0.304. The lowest BCUT2D eigenvalue weighted by Crippen LogP contribution is -2.57. The van der Waals surface area contributed by atoms with Crippen LogP contribution in [0, 0.1) is 0 Å². The molecule has 0 spiro atoms. The number of hydrogen-bond donors (Lipinski definition) is 4. The second kappa shape index (κ2) is 7.99. The molecule has 0 unspecified atom stereocenters. The Kier molecular flexibility index (Phi) is 6.64. The van der Waals surface area contributed by atoms with E-state index in [-0.39, 0.29) is 12.3 Å². The van der Waals surface area contributed by atoms with Crippen molar-refractivity contribution in [2.45, 2.75) is 31.7 Å². The van der Waals surface area contributed by atoms with Gasteiger partial charge >= 0.3 is 0 Å². The van der Waals surface area contributed by atoms with Crippen molar-refractivity contribution in [3.05, 3.63) is 35.4 Å². The fourth-order valence-electron chi connectivity index (χ4n) is 1.83. The predicted octanol–water partition coefficient (Wildman–Crippen LogP) is 0.0135. The first-order valence-corrected chi connectivity index (χ1v) is 6.80. The van der Waals surface area contributed by atoms with E-state index in [1.54, 1.807) is 0 Å². The highest BCUT2D eigenvalue weighted by molar-refractivity contribution is 5.77. The number of aliphatic hydroxyl groups excluding tert-OH is 3. The van der Waals surface area contributed by atoms with Crippen molar-refractivity contribution in [3.63, 3.8) is 0 Å². The van der Waals surface area contributed by atoms with Gasteiger partial charge in [0.25, 0.3) is 0 Å². The van der Waals surface area contributed by atoms with E-state index < -0.39 is 25.4 Å². The highest BCUT2D eigenvalue weighted by Gasteiger charge is 2.29. The van der Waals surface area contributed by atoms with Gasteiger partial charge in [-0.3, -0.25) is 4.79 Å². The van der Waals surface area contributed by atoms with Gasteiger partial charge in [-0.15, -0.1) is 0 Å². The van der Waals surface area contributed by atoms with Crippen LogP contribution in [0.3, 0.4) is 0 Å². The molecule has 0 aliphatic rings. The molecule has 0 radical (unpaired) electrons. The number of aliphatic hydroxyl groups is 3. The first-order valence-electron chi connectivity index (χ1n) is 6.80. The zero-order valence-electron chi connectivity index (χ0n) is 11.8. The van der Waals surface area contributed by atoms with Crippen molar-refractivity contribution in [3.8, 4) is 0 Å². The molecular weight excluding hydrogens is 258 g/mol. The Labute approximate surface area is 119 Å². The fraction of sp³-hybridized carbons (Fsp3) is 0.533. The summed E-state index contributed by atoms with van der Waals surface area (Å²) < 4.78 is 0. The van der Waals surface area contributed by atoms with Crippen LogP contribution in [0.2, 0.25) is 0 Å². The van der Waals surface area contributed by atoms with Gasteiger partial charge < -0.3 is 20.6 Å². The monoisotopic (exact) mass is 281 g/mol. The Balaban J connectivity index is 2.50. The molecule has 4 N–H and O–H groups in total. The normalized spacial score (nSPS) is 11.4. The largest absolute Gasteiger partial charge is 0.394 e. The molecule has 1 aromatic rings. The molecular formula is C15H23NO4. The third-order valence-electron chi connectivity index (χ3n) is 3.38. The van der Waals surface area contributed by atoms with Crippen LogP contribution in [-0.4, -0.2) is 46.6 Å². The van der Waals surface area contributed by atoms with E-state index in [0.29, 0.717) is 6.42 Å².